The van der Waals surface area contributed by atoms with Gasteiger partial charge in [0.1, 0.15) is 15.7 Å². The number of aromatic nitrogens is 2. The highest BCUT2D eigenvalue weighted by Gasteiger charge is 2.58. The van der Waals surface area contributed by atoms with Gasteiger partial charge in [-0.3, -0.25) is 4.79 Å². The normalized spacial score (nSPS) is 26.8. The van der Waals surface area contributed by atoms with Crippen molar-refractivity contribution in [1.29, 1.82) is 0 Å². The molecule has 3 heterocycles. The van der Waals surface area contributed by atoms with Crippen molar-refractivity contribution in [3.05, 3.63) is 33.9 Å². The van der Waals surface area contributed by atoms with Crippen LogP contribution in [0.4, 0.5) is 5.82 Å². The number of nitrogens with one attached hydrogen (secondary N) is 1. The van der Waals surface area contributed by atoms with E-state index in [1.165, 1.54) is 35.0 Å². The Morgan fingerprint density at radius 2 is 2.09 bits per heavy atom. The number of halogens is 1. The zero-order valence-electron chi connectivity index (χ0n) is 17.8. The standard InChI is InChI=1S/C19H24ClN5O5S3/c1-25(11-16-22-3-4-31-16)33(29,30)14-6-15(20)18(23-10-14)24-13-2-5-32(27,28)19(9-13)7-12(8-19)17(21)26/h3-4,6,10,12-13H,2,5,7-9,11H2,1H3,(H2,21,26)(H,23,24). The average molecular weight is 534 g/mol. The van der Waals surface area contributed by atoms with Crippen molar-refractivity contribution in [2.45, 2.75) is 47.9 Å². The van der Waals surface area contributed by atoms with Gasteiger partial charge < -0.3 is 11.1 Å². The Balaban J connectivity index is 1.47. The molecule has 0 aromatic carbocycles. The van der Waals surface area contributed by atoms with Crippen molar-refractivity contribution in [3.8, 4) is 0 Å². The molecule has 10 nitrogen and oxygen atoms in total. The summed E-state index contributed by atoms with van der Waals surface area (Å²) in [4.78, 5) is 19.7. The molecule has 1 atom stereocenters. The molecule has 14 heteroatoms. The number of amides is 1. The van der Waals surface area contributed by atoms with Crippen LogP contribution in [-0.2, 0) is 31.2 Å². The average Bonchev–Trinajstić information content (AvgIpc) is 3.21. The molecule has 1 saturated heterocycles. The predicted octanol–water partition coefficient (Wildman–Crippen LogP) is 1.64. The molecule has 33 heavy (non-hydrogen) atoms. The summed E-state index contributed by atoms with van der Waals surface area (Å²) in [5.74, 6) is -0.635. The van der Waals surface area contributed by atoms with Crippen LogP contribution in [0.5, 0.6) is 0 Å². The molecule has 4 rings (SSSR count). The van der Waals surface area contributed by atoms with Gasteiger partial charge in [-0.05, 0) is 31.7 Å². The first-order valence-corrected chi connectivity index (χ1v) is 14.6. The van der Waals surface area contributed by atoms with E-state index in [0.717, 1.165) is 0 Å². The third-order valence-corrected chi connectivity index (χ3v) is 11.8. The predicted molar refractivity (Wildman–Crippen MR) is 125 cm³/mol. The zero-order valence-corrected chi connectivity index (χ0v) is 21.0. The number of carbonyl (C=O) groups is 1. The summed E-state index contributed by atoms with van der Waals surface area (Å²) in [6.45, 7) is 0.128. The lowest BCUT2D eigenvalue weighted by molar-refractivity contribution is -0.125. The zero-order chi connectivity index (χ0) is 24.0. The number of thiazole rings is 1. The summed E-state index contributed by atoms with van der Waals surface area (Å²) >= 11 is 7.70. The minimum atomic E-state index is -3.83. The largest absolute Gasteiger partial charge is 0.369 e. The molecule has 180 valence electrons. The number of carbonyl (C=O) groups excluding carboxylic acids is 1. The molecule has 2 aliphatic rings. The number of primary amides is 1. The maximum Gasteiger partial charge on any atom is 0.244 e. The molecule has 1 aliphatic heterocycles. The van der Waals surface area contributed by atoms with Gasteiger partial charge >= 0.3 is 0 Å². The van der Waals surface area contributed by atoms with E-state index in [1.807, 2.05) is 0 Å². The highest BCUT2D eigenvalue weighted by molar-refractivity contribution is 7.92. The first kappa shape index (κ1) is 24.3. The van der Waals surface area contributed by atoms with E-state index in [2.05, 4.69) is 15.3 Å². The smallest absolute Gasteiger partial charge is 0.244 e. The summed E-state index contributed by atoms with van der Waals surface area (Å²) in [6.07, 6.45) is 3.97. The molecular weight excluding hydrogens is 510 g/mol. The number of sulfone groups is 1. The summed E-state index contributed by atoms with van der Waals surface area (Å²) in [7, 11) is -5.71. The number of pyridine rings is 1. The third kappa shape index (κ3) is 4.61. The number of nitrogens with two attached hydrogens (primary N) is 1. The Morgan fingerprint density at radius 3 is 2.70 bits per heavy atom. The number of anilines is 1. The van der Waals surface area contributed by atoms with Gasteiger partial charge in [-0.1, -0.05) is 11.6 Å². The van der Waals surface area contributed by atoms with Crippen LogP contribution >= 0.6 is 22.9 Å². The van der Waals surface area contributed by atoms with Crippen molar-refractivity contribution in [3.63, 3.8) is 0 Å². The van der Waals surface area contributed by atoms with E-state index in [1.54, 1.807) is 11.6 Å². The van der Waals surface area contributed by atoms with Crippen LogP contribution in [0.1, 0.15) is 30.7 Å². The Morgan fingerprint density at radius 1 is 1.36 bits per heavy atom. The van der Waals surface area contributed by atoms with Crippen LogP contribution < -0.4 is 11.1 Å². The summed E-state index contributed by atoms with van der Waals surface area (Å²) in [5.41, 5.74) is 5.33. The van der Waals surface area contributed by atoms with Crippen molar-refractivity contribution in [2.24, 2.45) is 11.7 Å². The minimum Gasteiger partial charge on any atom is -0.369 e. The van der Waals surface area contributed by atoms with Gasteiger partial charge in [0.25, 0.3) is 0 Å². The first-order chi connectivity index (χ1) is 15.4. The van der Waals surface area contributed by atoms with Crippen LogP contribution in [0.2, 0.25) is 5.02 Å². The number of sulfonamides is 1. The Hall–Kier alpha value is -1.80. The second-order valence-corrected chi connectivity index (χ2v) is 14.5. The van der Waals surface area contributed by atoms with Gasteiger partial charge in [-0.25, -0.2) is 26.8 Å². The number of hydrogen-bond acceptors (Lipinski definition) is 9. The molecule has 3 N–H and O–H groups in total. The molecule has 1 aliphatic carbocycles. The van der Waals surface area contributed by atoms with Crippen molar-refractivity contribution in [2.75, 3.05) is 18.1 Å². The Bertz CT molecular complexity index is 1260. The molecule has 0 radical (unpaired) electrons. The monoisotopic (exact) mass is 533 g/mol. The first-order valence-electron chi connectivity index (χ1n) is 10.2. The van der Waals surface area contributed by atoms with E-state index >= 15 is 0 Å². The quantitative estimate of drug-likeness (QED) is 0.544. The summed E-state index contributed by atoms with van der Waals surface area (Å²) in [6, 6.07) is 1.09. The minimum absolute atomic E-state index is 0.0121. The van der Waals surface area contributed by atoms with Crippen molar-refractivity contribution >= 4 is 54.5 Å². The summed E-state index contributed by atoms with van der Waals surface area (Å²) < 4.78 is 51.3. The lowest BCUT2D eigenvalue weighted by atomic mass is 9.70. The van der Waals surface area contributed by atoms with Crippen LogP contribution in [0.15, 0.2) is 28.7 Å². The van der Waals surface area contributed by atoms with E-state index in [4.69, 9.17) is 17.3 Å². The van der Waals surface area contributed by atoms with Crippen LogP contribution in [-0.4, -0.2) is 60.6 Å². The van der Waals surface area contributed by atoms with E-state index < -0.39 is 36.4 Å². The fourth-order valence-electron chi connectivity index (χ4n) is 4.42. The SMILES string of the molecule is CN(Cc1nccs1)S(=O)(=O)c1cnc(NC2CCS(=O)(=O)C3(C2)CC(C(N)=O)C3)c(Cl)c1. The van der Waals surface area contributed by atoms with Gasteiger partial charge in [-0.2, -0.15) is 4.31 Å². The molecular formula is C19H24ClN5O5S3. The Kier molecular flexibility index (Phi) is 6.46. The topological polar surface area (TPSA) is 152 Å². The number of nitrogens with zero attached hydrogens (tertiary/aromatic N) is 3. The van der Waals surface area contributed by atoms with Gasteiger partial charge in [0, 0.05) is 36.8 Å². The van der Waals surface area contributed by atoms with Crippen LogP contribution in [0, 0.1) is 5.92 Å². The fourth-order valence-corrected chi connectivity index (χ4v) is 8.96. The third-order valence-electron chi connectivity index (χ3n) is 6.36. The number of rotatable bonds is 7. The molecule has 0 bridgehead atoms. The molecule has 2 fully saturated rings. The summed E-state index contributed by atoms with van der Waals surface area (Å²) in [5, 5.41) is 5.71. The fraction of sp³-hybridized carbons (Fsp3) is 0.526. The maximum atomic E-state index is 12.9. The van der Waals surface area contributed by atoms with Gasteiger partial charge in [-0.15, -0.1) is 11.3 Å². The van der Waals surface area contributed by atoms with E-state index in [9.17, 15) is 21.6 Å². The molecule has 2 aromatic rings. The highest BCUT2D eigenvalue weighted by Crippen LogP contribution is 2.50. The van der Waals surface area contributed by atoms with Crippen molar-refractivity contribution in [1.82, 2.24) is 14.3 Å². The highest BCUT2D eigenvalue weighted by atomic mass is 35.5. The maximum absolute atomic E-state index is 12.9. The molecule has 1 unspecified atom stereocenters. The van der Waals surface area contributed by atoms with Gasteiger partial charge in [0.05, 0.1) is 22.1 Å². The van der Waals surface area contributed by atoms with Crippen LogP contribution in [0.3, 0.4) is 0 Å². The van der Waals surface area contributed by atoms with E-state index in [0.29, 0.717) is 17.8 Å². The Labute approximate surface area is 201 Å². The van der Waals surface area contributed by atoms with E-state index in [-0.39, 0.29) is 46.9 Å². The second kappa shape index (κ2) is 8.77. The molecule has 1 amide bonds. The van der Waals surface area contributed by atoms with Gasteiger partial charge in [0.15, 0.2) is 9.84 Å². The molecule has 1 spiro atoms. The van der Waals surface area contributed by atoms with Crippen LogP contribution in [0.25, 0.3) is 0 Å². The lowest BCUT2D eigenvalue weighted by Crippen LogP contribution is -2.59. The van der Waals surface area contributed by atoms with Crippen molar-refractivity contribution < 1.29 is 21.6 Å². The van der Waals surface area contributed by atoms with Gasteiger partial charge in [0.2, 0.25) is 15.9 Å². The lowest BCUT2D eigenvalue weighted by Gasteiger charge is -2.49. The molecule has 1 saturated carbocycles. The molecule has 2 aromatic heterocycles. The number of hydrogen-bond donors (Lipinski definition) is 2. The second-order valence-electron chi connectivity index (χ2n) is 8.53.